The molecule has 2 N–H and O–H groups in total. The van der Waals surface area contributed by atoms with Crippen molar-refractivity contribution in [2.24, 2.45) is 0 Å². The lowest BCUT2D eigenvalue weighted by atomic mass is 10.2. The minimum Gasteiger partial charge on any atom is -0.314 e. The maximum atomic E-state index is 11.9. The van der Waals surface area contributed by atoms with Crippen molar-refractivity contribution in [3.05, 3.63) is 0 Å². The second kappa shape index (κ2) is 3.13. The molecule has 0 aliphatic carbocycles. The Kier molecular flexibility index (Phi) is 2.42. The van der Waals surface area contributed by atoms with Crippen LogP contribution in [0.25, 0.3) is 0 Å². The first kappa shape index (κ1) is 6.96. The van der Waals surface area contributed by atoms with Crippen molar-refractivity contribution in [1.82, 2.24) is 10.6 Å². The molecular formula is C6H13FN2. The van der Waals surface area contributed by atoms with Crippen molar-refractivity contribution in [3.8, 4) is 0 Å². The van der Waals surface area contributed by atoms with Gasteiger partial charge in [0, 0.05) is 25.2 Å². The molecule has 0 aromatic carbocycles. The molecule has 1 aliphatic rings. The number of piperazine rings is 1. The first-order valence-corrected chi connectivity index (χ1v) is 3.35. The van der Waals surface area contributed by atoms with Gasteiger partial charge in [-0.25, -0.2) is 4.39 Å². The summed E-state index contributed by atoms with van der Waals surface area (Å²) in [7, 11) is 0. The van der Waals surface area contributed by atoms with Crippen LogP contribution in [0.1, 0.15) is 6.92 Å². The van der Waals surface area contributed by atoms with E-state index in [4.69, 9.17) is 0 Å². The number of rotatable bonds is 1. The van der Waals surface area contributed by atoms with Gasteiger partial charge in [0.05, 0.1) is 0 Å². The highest BCUT2D eigenvalue weighted by Gasteiger charge is 2.15. The van der Waals surface area contributed by atoms with E-state index in [1.165, 1.54) is 0 Å². The van der Waals surface area contributed by atoms with Crippen LogP contribution >= 0.6 is 0 Å². The lowest BCUT2D eigenvalue weighted by molar-refractivity contribution is 0.295. The van der Waals surface area contributed by atoms with Gasteiger partial charge in [-0.05, 0) is 6.92 Å². The average Bonchev–Trinajstić information content (AvgIpc) is 1.88. The molecule has 0 bridgehead atoms. The highest BCUT2D eigenvalue weighted by molar-refractivity contribution is 4.79. The summed E-state index contributed by atoms with van der Waals surface area (Å²) in [4.78, 5) is 0. The van der Waals surface area contributed by atoms with Gasteiger partial charge >= 0.3 is 0 Å². The fourth-order valence-corrected chi connectivity index (χ4v) is 1.09. The Labute approximate surface area is 54.8 Å². The van der Waals surface area contributed by atoms with Gasteiger partial charge in [-0.3, -0.25) is 0 Å². The van der Waals surface area contributed by atoms with E-state index in [0.717, 1.165) is 13.1 Å². The Morgan fingerprint density at radius 1 is 1.56 bits per heavy atom. The minimum atomic E-state index is -0.267. The molecule has 1 heterocycles. The monoisotopic (exact) mass is 132 g/mol. The smallest absolute Gasteiger partial charge is 0.106 e. The van der Waals surface area contributed by atoms with Gasteiger partial charge in [0.15, 0.2) is 0 Å². The molecule has 2 atom stereocenters. The van der Waals surface area contributed by atoms with Crippen LogP contribution in [0.15, 0.2) is 0 Å². The summed E-state index contributed by atoms with van der Waals surface area (Å²) in [6.45, 7) is 3.50. The maximum absolute atomic E-state index is 11.9. The number of hydrogen-bond acceptors (Lipinski definition) is 2. The van der Waals surface area contributed by atoms with Crippen LogP contribution < -0.4 is 10.6 Å². The topological polar surface area (TPSA) is 24.1 Å². The van der Waals surface area contributed by atoms with Gasteiger partial charge in [0.1, 0.15) is 6.67 Å². The molecule has 3 heteroatoms. The Bertz CT molecular complexity index is 87.1. The Balaban J connectivity index is 2.23. The van der Waals surface area contributed by atoms with Crippen LogP contribution in [0.2, 0.25) is 0 Å². The predicted octanol–water partition coefficient (Wildman–Crippen LogP) is -0.0942. The normalized spacial score (nSPS) is 36.7. The highest BCUT2D eigenvalue weighted by atomic mass is 19.1. The number of halogens is 1. The lowest BCUT2D eigenvalue weighted by Gasteiger charge is -2.27. The standard InChI is InChI=1S/C6H13FN2/c1-5-3-8-4-6(2-7)9-5/h5-6,8-9H,2-4H2,1H3/t5-,6-/m0/s1. The first-order chi connectivity index (χ1) is 4.33. The zero-order chi connectivity index (χ0) is 6.69. The van der Waals surface area contributed by atoms with Crippen LogP contribution in [0.5, 0.6) is 0 Å². The second-order valence-corrected chi connectivity index (χ2v) is 2.58. The first-order valence-electron chi connectivity index (χ1n) is 3.35. The van der Waals surface area contributed by atoms with Crippen molar-refractivity contribution < 1.29 is 4.39 Å². The van der Waals surface area contributed by atoms with Crippen molar-refractivity contribution in [2.75, 3.05) is 19.8 Å². The van der Waals surface area contributed by atoms with Crippen LogP contribution in [-0.4, -0.2) is 31.8 Å². The van der Waals surface area contributed by atoms with Crippen molar-refractivity contribution in [2.45, 2.75) is 19.0 Å². The fraction of sp³-hybridized carbons (Fsp3) is 1.00. The highest BCUT2D eigenvalue weighted by Crippen LogP contribution is 1.92. The number of nitrogens with one attached hydrogen (secondary N) is 2. The lowest BCUT2D eigenvalue weighted by Crippen LogP contribution is -2.54. The molecule has 0 unspecified atom stereocenters. The number of hydrogen-bond donors (Lipinski definition) is 2. The van der Waals surface area contributed by atoms with Gasteiger partial charge in [-0.1, -0.05) is 0 Å². The molecule has 1 aliphatic heterocycles. The van der Waals surface area contributed by atoms with E-state index in [1.807, 2.05) is 0 Å². The molecule has 1 rings (SSSR count). The largest absolute Gasteiger partial charge is 0.314 e. The van der Waals surface area contributed by atoms with E-state index in [0.29, 0.717) is 6.04 Å². The molecule has 2 nitrogen and oxygen atoms in total. The molecule has 1 saturated heterocycles. The Morgan fingerprint density at radius 2 is 2.33 bits per heavy atom. The third-order valence-corrected chi connectivity index (χ3v) is 1.55. The van der Waals surface area contributed by atoms with Crippen molar-refractivity contribution in [1.29, 1.82) is 0 Å². The molecular weight excluding hydrogens is 119 g/mol. The van der Waals surface area contributed by atoms with E-state index in [1.54, 1.807) is 0 Å². The zero-order valence-corrected chi connectivity index (χ0v) is 5.65. The van der Waals surface area contributed by atoms with Crippen LogP contribution in [0.4, 0.5) is 4.39 Å². The second-order valence-electron chi connectivity index (χ2n) is 2.58. The third kappa shape index (κ3) is 1.91. The summed E-state index contributed by atoms with van der Waals surface area (Å²) < 4.78 is 11.9. The molecule has 0 aromatic rings. The Morgan fingerprint density at radius 3 is 2.78 bits per heavy atom. The van der Waals surface area contributed by atoms with E-state index in [2.05, 4.69) is 17.6 Å². The van der Waals surface area contributed by atoms with Gasteiger partial charge in [-0.15, -0.1) is 0 Å². The molecule has 0 radical (unpaired) electrons. The molecule has 54 valence electrons. The number of alkyl halides is 1. The third-order valence-electron chi connectivity index (χ3n) is 1.55. The van der Waals surface area contributed by atoms with E-state index in [9.17, 15) is 4.39 Å². The maximum Gasteiger partial charge on any atom is 0.106 e. The summed E-state index contributed by atoms with van der Waals surface area (Å²) in [6.07, 6.45) is 0. The van der Waals surface area contributed by atoms with E-state index in [-0.39, 0.29) is 12.7 Å². The van der Waals surface area contributed by atoms with Gasteiger partial charge in [0.25, 0.3) is 0 Å². The van der Waals surface area contributed by atoms with E-state index < -0.39 is 0 Å². The predicted molar refractivity (Wildman–Crippen MR) is 35.2 cm³/mol. The van der Waals surface area contributed by atoms with Crippen LogP contribution in [0.3, 0.4) is 0 Å². The molecule has 0 saturated carbocycles. The summed E-state index contributed by atoms with van der Waals surface area (Å²) in [6, 6.07) is 0.452. The molecule has 9 heavy (non-hydrogen) atoms. The van der Waals surface area contributed by atoms with Gasteiger partial charge in [0.2, 0.25) is 0 Å². The van der Waals surface area contributed by atoms with Gasteiger partial charge < -0.3 is 10.6 Å². The fourth-order valence-electron chi connectivity index (χ4n) is 1.09. The minimum absolute atomic E-state index is 0.0359. The van der Waals surface area contributed by atoms with E-state index >= 15 is 0 Å². The molecule has 0 aromatic heterocycles. The van der Waals surface area contributed by atoms with Crippen molar-refractivity contribution >= 4 is 0 Å². The molecule has 1 fully saturated rings. The Hall–Kier alpha value is -0.150. The van der Waals surface area contributed by atoms with Crippen LogP contribution in [-0.2, 0) is 0 Å². The summed E-state index contributed by atoms with van der Waals surface area (Å²) in [5.41, 5.74) is 0. The summed E-state index contributed by atoms with van der Waals surface area (Å²) in [5, 5.41) is 6.26. The van der Waals surface area contributed by atoms with Crippen LogP contribution in [0, 0.1) is 0 Å². The summed E-state index contributed by atoms with van der Waals surface area (Å²) >= 11 is 0. The summed E-state index contributed by atoms with van der Waals surface area (Å²) in [5.74, 6) is 0. The molecule has 0 amide bonds. The average molecular weight is 132 g/mol. The van der Waals surface area contributed by atoms with Gasteiger partial charge in [-0.2, -0.15) is 0 Å². The quantitative estimate of drug-likeness (QED) is 0.521. The van der Waals surface area contributed by atoms with Crippen molar-refractivity contribution in [3.63, 3.8) is 0 Å². The zero-order valence-electron chi connectivity index (χ0n) is 5.65. The SMILES string of the molecule is C[C@H]1CNC[C@H](CF)N1. The molecule has 0 spiro atoms.